The predicted molar refractivity (Wildman–Crippen MR) is 328 cm³/mol. The minimum atomic E-state index is -1.19. The molecule has 23 nitrogen and oxygen atoms in total. The maximum atomic E-state index is 14.8. The van der Waals surface area contributed by atoms with Crippen molar-refractivity contribution < 1.29 is 52.7 Å². The largest absolute Gasteiger partial charge is 0.455 e. The van der Waals surface area contributed by atoms with Gasteiger partial charge in [0.2, 0.25) is 35.4 Å². The van der Waals surface area contributed by atoms with E-state index in [4.69, 9.17) is 15.5 Å². The number of nitrogens with one attached hydrogen (secondary N) is 3. The van der Waals surface area contributed by atoms with Crippen LogP contribution in [0.3, 0.4) is 0 Å². The van der Waals surface area contributed by atoms with Crippen LogP contribution in [0.1, 0.15) is 126 Å². The Morgan fingerprint density at radius 3 is 2.16 bits per heavy atom. The molecular weight excluding hydrogens is 1160 g/mol. The number of carbonyl (C=O) groups is 10. The van der Waals surface area contributed by atoms with Crippen molar-refractivity contribution in [2.45, 2.75) is 152 Å². The van der Waals surface area contributed by atoms with E-state index >= 15 is 0 Å². The van der Waals surface area contributed by atoms with E-state index in [-0.39, 0.29) is 111 Å². The second kappa shape index (κ2) is 33.5. The molecule has 3 aromatic rings. The van der Waals surface area contributed by atoms with Crippen LogP contribution < -0.4 is 21.7 Å². The molecule has 26 heteroatoms. The van der Waals surface area contributed by atoms with Gasteiger partial charge in [-0.1, -0.05) is 82.6 Å². The maximum absolute atomic E-state index is 14.8. The van der Waals surface area contributed by atoms with Gasteiger partial charge in [-0.05, 0) is 76.1 Å². The minimum absolute atomic E-state index is 0.0244. The third kappa shape index (κ3) is 19.2. The van der Waals surface area contributed by atoms with Crippen LogP contribution in [0.4, 0.5) is 0 Å². The third-order valence-corrected chi connectivity index (χ3v) is 19.2. The number of likely N-dealkylation sites (N-methyl/N-ethyl adjacent to an activating group) is 3. The summed E-state index contributed by atoms with van der Waals surface area (Å²) < 4.78 is 6.54. The number of amides is 9. The molecular formula is C60H86N12O11S3. The van der Waals surface area contributed by atoms with Gasteiger partial charge in [0, 0.05) is 114 Å². The Hall–Kier alpha value is -6.61. The summed E-state index contributed by atoms with van der Waals surface area (Å²) in [6, 6.07) is 4.10. The van der Waals surface area contributed by atoms with Gasteiger partial charge in [-0.25, -0.2) is 9.97 Å². The quantitative estimate of drug-likeness (QED) is 0.0306. The van der Waals surface area contributed by atoms with E-state index in [2.05, 4.69) is 20.9 Å². The summed E-state index contributed by atoms with van der Waals surface area (Å²) in [5, 5.41) is 12.6. The molecule has 6 rings (SSSR count). The molecule has 2 aromatic heterocycles. The number of carbonyl (C=O) groups excluding carboxylic acids is 10. The molecule has 1 aromatic carbocycles. The molecule has 2 saturated heterocycles. The smallest absolute Gasteiger partial charge is 0.303 e. The highest BCUT2D eigenvalue weighted by Gasteiger charge is 2.39. The van der Waals surface area contributed by atoms with E-state index in [1.807, 2.05) is 70.0 Å². The molecule has 2 fully saturated rings. The Bertz CT molecular complexity index is 2810. The average Bonchev–Trinajstić information content (AvgIpc) is 4.11. The van der Waals surface area contributed by atoms with Crippen molar-refractivity contribution in [2.24, 2.45) is 17.6 Å². The first-order valence-corrected chi connectivity index (χ1v) is 32.5. The number of piperazine rings is 1. The molecule has 8 atom stereocenters. The van der Waals surface area contributed by atoms with Crippen molar-refractivity contribution in [1.29, 1.82) is 0 Å². The number of unbranched alkanes of at least 4 members (excludes halogenated alkanes) is 1. The topological polar surface area (TPSA) is 287 Å². The van der Waals surface area contributed by atoms with Gasteiger partial charge in [0.25, 0.3) is 17.7 Å². The number of rotatable bonds is 31. The van der Waals surface area contributed by atoms with E-state index < -0.39 is 71.8 Å². The number of piperidine rings is 1. The minimum Gasteiger partial charge on any atom is -0.455 e. The molecule has 5 heterocycles. The van der Waals surface area contributed by atoms with Crippen molar-refractivity contribution in [3.63, 3.8) is 0 Å². The van der Waals surface area contributed by atoms with Crippen molar-refractivity contribution in [2.75, 3.05) is 72.7 Å². The Morgan fingerprint density at radius 2 is 1.53 bits per heavy atom. The molecule has 9 amide bonds. The van der Waals surface area contributed by atoms with E-state index in [1.165, 1.54) is 59.5 Å². The second-order valence-corrected chi connectivity index (χ2v) is 25.7. The fourth-order valence-corrected chi connectivity index (χ4v) is 13.5. The van der Waals surface area contributed by atoms with E-state index in [9.17, 15) is 47.9 Å². The second-order valence-electron chi connectivity index (χ2n) is 22.6. The molecule has 3 aliphatic rings. The highest BCUT2D eigenvalue weighted by atomic mass is 32.2. The molecule has 0 bridgehead atoms. The summed E-state index contributed by atoms with van der Waals surface area (Å²) in [7, 11) is 5.08. The fourth-order valence-electron chi connectivity index (χ4n) is 10.8. The zero-order chi connectivity index (χ0) is 62.6. The van der Waals surface area contributed by atoms with Crippen LogP contribution in [-0.4, -0.2) is 207 Å². The first kappa shape index (κ1) is 68.5. The normalized spacial score (nSPS) is 17.9. The van der Waals surface area contributed by atoms with Gasteiger partial charge in [-0.15, -0.1) is 22.7 Å². The number of hydrogen-bond donors (Lipinski definition) is 4. The van der Waals surface area contributed by atoms with Crippen LogP contribution in [0.25, 0.3) is 0 Å². The molecule has 86 heavy (non-hydrogen) atoms. The number of ether oxygens (including phenoxy) is 1. The molecule has 470 valence electrons. The molecule has 5 N–H and O–H groups in total. The Balaban J connectivity index is 1.17. The monoisotopic (exact) mass is 1250 g/mol. The number of aromatic nitrogens is 2. The van der Waals surface area contributed by atoms with Crippen molar-refractivity contribution >= 4 is 93.6 Å². The van der Waals surface area contributed by atoms with Crippen molar-refractivity contribution in [3.05, 3.63) is 75.7 Å². The number of esters is 1. The van der Waals surface area contributed by atoms with Crippen LogP contribution in [0, 0.1) is 11.8 Å². The maximum Gasteiger partial charge on any atom is 0.303 e. The van der Waals surface area contributed by atoms with E-state index in [0.29, 0.717) is 48.0 Å². The molecule has 0 spiro atoms. The summed E-state index contributed by atoms with van der Waals surface area (Å²) in [5.74, 6) is -4.65. The number of likely N-dealkylation sites (tertiary alicyclic amines) is 1. The van der Waals surface area contributed by atoms with Crippen LogP contribution in [0.2, 0.25) is 0 Å². The Morgan fingerprint density at radius 1 is 0.849 bits per heavy atom. The zero-order valence-electron chi connectivity index (χ0n) is 50.8. The number of imide groups is 1. The SMILES string of the molecule is CC[C@H](C)C(NC(=O)C1CCCCN1C)C(=O)N(C)[C@H](C[C@@H](OC(C)=O)c1nc(C(=O)N(C)[C@@H](CSc2nccs2)C(=O)N[C@H](CCCCN)C(=O)N[C@@H](Cc2ccccc2)C(=O)N2CCN(C(=O)CCCN3C(=O)C=CC3=O)CC2)cs1)C(C)C. The summed E-state index contributed by atoms with van der Waals surface area (Å²) >= 11 is 3.70. The zero-order valence-corrected chi connectivity index (χ0v) is 53.2. The Labute approximate surface area is 516 Å². The molecule has 0 aliphatic carbocycles. The van der Waals surface area contributed by atoms with Gasteiger partial charge in [0.1, 0.15) is 39.2 Å². The molecule has 0 saturated carbocycles. The molecule has 3 aliphatic heterocycles. The number of thioether (sulfide) groups is 1. The van der Waals surface area contributed by atoms with Gasteiger partial charge in [-0.3, -0.25) is 57.7 Å². The molecule has 2 unspecified atom stereocenters. The third-order valence-electron chi connectivity index (χ3n) is 16.2. The number of thiazole rings is 2. The van der Waals surface area contributed by atoms with Crippen LogP contribution in [-0.2, 0) is 54.3 Å². The highest BCUT2D eigenvalue weighted by Crippen LogP contribution is 2.32. The van der Waals surface area contributed by atoms with Crippen LogP contribution in [0.5, 0.6) is 0 Å². The summed E-state index contributed by atoms with van der Waals surface area (Å²) in [5.41, 5.74) is 6.64. The first-order valence-electron chi connectivity index (χ1n) is 29.8. The number of hydrogen-bond acceptors (Lipinski definition) is 18. The lowest BCUT2D eigenvalue weighted by Crippen LogP contribution is -2.59. The van der Waals surface area contributed by atoms with Crippen molar-refractivity contribution in [3.8, 4) is 0 Å². The van der Waals surface area contributed by atoms with Crippen LogP contribution in [0.15, 0.2) is 63.8 Å². The first-order chi connectivity index (χ1) is 41.1. The lowest BCUT2D eigenvalue weighted by Gasteiger charge is -2.38. The summed E-state index contributed by atoms with van der Waals surface area (Å²) in [6.07, 6.45) is 8.08. The summed E-state index contributed by atoms with van der Waals surface area (Å²) in [4.78, 5) is 155. The van der Waals surface area contributed by atoms with E-state index in [0.717, 1.165) is 41.2 Å². The number of benzene rings is 1. The highest BCUT2D eigenvalue weighted by molar-refractivity contribution is 8.01. The average molecular weight is 1250 g/mol. The van der Waals surface area contributed by atoms with Crippen LogP contribution >= 0.6 is 34.4 Å². The van der Waals surface area contributed by atoms with E-state index in [1.54, 1.807) is 33.3 Å². The Kier molecular flexibility index (Phi) is 26.7. The standard InChI is InChI=1S/C60H86N12O11S3/c1-9-39(4)52(66-54(78)45-21-14-16-27-67(45)6)59(82)68(7)46(38(2)3)35-48(83-40(5)73)56-65-44(36-85-56)57(80)69(8)47(37-86-60-62-26-33-84-60)55(79)63-42(20-13-15-25-61)53(77)64-43(34-41-18-11-10-12-19-41)58(81)71-31-29-70(30-32-71)49(74)22-17-28-72-50(75)23-24-51(72)76/h10-12,18-19,23-24,26,33,36,38-39,42-43,45-48,52H,9,13-17,20-22,25,27-32,34-35,37,61H2,1-8H3,(H,63,79)(H,64,77)(H,66,78)/t39-,42+,43-,45?,46+,47-,48+,52?/m0/s1. The van der Waals surface area contributed by atoms with Gasteiger partial charge in [0.05, 0.1) is 6.04 Å². The predicted octanol–water partition coefficient (Wildman–Crippen LogP) is 4.04. The lowest BCUT2D eigenvalue weighted by atomic mass is 9.92. The lowest BCUT2D eigenvalue weighted by molar-refractivity contribution is -0.149. The molecule has 0 radical (unpaired) electrons. The van der Waals surface area contributed by atoms with Gasteiger partial charge < -0.3 is 46.0 Å². The summed E-state index contributed by atoms with van der Waals surface area (Å²) in [6.45, 7) is 11.2. The van der Waals surface area contributed by atoms with Gasteiger partial charge in [-0.2, -0.15) is 0 Å². The number of nitrogens with zero attached hydrogens (tertiary/aromatic N) is 8. The van der Waals surface area contributed by atoms with Gasteiger partial charge >= 0.3 is 5.97 Å². The fraction of sp³-hybridized carbons (Fsp3) is 0.600. The van der Waals surface area contributed by atoms with Gasteiger partial charge in [0.15, 0.2) is 6.10 Å². The van der Waals surface area contributed by atoms with Crippen molar-refractivity contribution in [1.82, 2.24) is 55.3 Å². The number of nitrogens with two attached hydrogens (primary N) is 1.